The second-order valence-electron chi connectivity index (χ2n) is 7.31. The molecule has 0 unspecified atom stereocenters. The third-order valence-corrected chi connectivity index (χ3v) is 5.66. The molecule has 0 saturated carbocycles. The number of fused-ring (bicyclic) bond motifs is 1. The van der Waals surface area contributed by atoms with Crippen LogP contribution < -0.4 is 10.6 Å². The van der Waals surface area contributed by atoms with Crippen LogP contribution >= 0.6 is 11.8 Å². The lowest BCUT2D eigenvalue weighted by molar-refractivity contribution is 0.107. The van der Waals surface area contributed by atoms with Crippen molar-refractivity contribution >= 4 is 17.7 Å². The van der Waals surface area contributed by atoms with Gasteiger partial charge in [-0.3, -0.25) is 9.89 Å². The van der Waals surface area contributed by atoms with Crippen molar-refractivity contribution in [3.8, 4) is 0 Å². The largest absolute Gasteiger partial charge is 0.356 e. The van der Waals surface area contributed by atoms with Crippen molar-refractivity contribution in [1.82, 2.24) is 15.5 Å². The van der Waals surface area contributed by atoms with Gasteiger partial charge in [0.15, 0.2) is 5.96 Å². The van der Waals surface area contributed by atoms with E-state index < -0.39 is 0 Å². The van der Waals surface area contributed by atoms with Gasteiger partial charge in [0.1, 0.15) is 0 Å². The van der Waals surface area contributed by atoms with Crippen LogP contribution in [0.4, 0.5) is 0 Å². The molecule has 0 fully saturated rings. The van der Waals surface area contributed by atoms with E-state index in [1.165, 1.54) is 29.7 Å². The molecule has 0 atom stereocenters. The predicted octanol–water partition coefficient (Wildman–Crippen LogP) is 3.13. The van der Waals surface area contributed by atoms with Gasteiger partial charge in [0.05, 0.1) is 0 Å². The number of aliphatic imine (C=N–C) groups is 1. The van der Waals surface area contributed by atoms with E-state index in [1.807, 2.05) is 18.8 Å². The summed E-state index contributed by atoms with van der Waals surface area (Å²) in [6.07, 6.45) is 5.74. The third kappa shape index (κ3) is 6.23. The van der Waals surface area contributed by atoms with Gasteiger partial charge in [-0.05, 0) is 56.2 Å². The highest BCUT2D eigenvalue weighted by Crippen LogP contribution is 2.24. The number of unbranched alkanes of at least 4 members (excludes halogenated alkanes) is 1. The van der Waals surface area contributed by atoms with Gasteiger partial charge in [-0.2, -0.15) is 11.8 Å². The monoisotopic (exact) mass is 362 g/mol. The summed E-state index contributed by atoms with van der Waals surface area (Å²) in [7, 11) is 1.85. The fraction of sp³-hybridized carbons (Fsp3) is 0.650. The lowest BCUT2D eigenvalue weighted by Gasteiger charge is -2.42. The minimum atomic E-state index is 0.0873. The summed E-state index contributed by atoms with van der Waals surface area (Å²) < 4.78 is 0. The van der Waals surface area contributed by atoms with Gasteiger partial charge in [-0.1, -0.05) is 24.3 Å². The van der Waals surface area contributed by atoms with Crippen LogP contribution in [0.2, 0.25) is 0 Å². The first kappa shape index (κ1) is 20.1. The zero-order chi connectivity index (χ0) is 18.1. The van der Waals surface area contributed by atoms with Crippen molar-refractivity contribution in [3.05, 3.63) is 35.4 Å². The van der Waals surface area contributed by atoms with Crippen molar-refractivity contribution in [1.29, 1.82) is 0 Å². The molecule has 2 N–H and O–H groups in total. The standard InChI is InChI=1S/C20H34N4S/c1-20(2,16-23-19(21-3)22-12-7-8-14-25-4)24-13-11-17-9-5-6-10-18(17)15-24/h5-6,9-10H,7-8,11-16H2,1-4H3,(H2,21,22,23). The smallest absolute Gasteiger partial charge is 0.191 e. The van der Waals surface area contributed by atoms with Gasteiger partial charge < -0.3 is 10.6 Å². The van der Waals surface area contributed by atoms with Crippen molar-refractivity contribution in [2.45, 2.75) is 45.2 Å². The number of rotatable bonds is 8. The summed E-state index contributed by atoms with van der Waals surface area (Å²) in [6, 6.07) is 8.83. The first-order chi connectivity index (χ1) is 12.1. The van der Waals surface area contributed by atoms with Gasteiger partial charge in [0.2, 0.25) is 0 Å². The number of nitrogens with one attached hydrogen (secondary N) is 2. The van der Waals surface area contributed by atoms with E-state index in [4.69, 9.17) is 0 Å². The third-order valence-electron chi connectivity index (χ3n) is 4.97. The highest BCUT2D eigenvalue weighted by Gasteiger charge is 2.29. The molecule has 0 aliphatic carbocycles. The molecule has 0 spiro atoms. The van der Waals surface area contributed by atoms with E-state index in [2.05, 4.69) is 64.9 Å². The van der Waals surface area contributed by atoms with Crippen LogP contribution in [-0.2, 0) is 13.0 Å². The Hall–Kier alpha value is -1.20. The van der Waals surface area contributed by atoms with Crippen molar-refractivity contribution in [2.24, 2.45) is 4.99 Å². The molecule has 1 aliphatic heterocycles. The Morgan fingerprint density at radius 1 is 1.20 bits per heavy atom. The molecular formula is C20H34N4S. The fourth-order valence-electron chi connectivity index (χ4n) is 3.22. The number of benzene rings is 1. The summed E-state index contributed by atoms with van der Waals surface area (Å²) >= 11 is 1.91. The zero-order valence-corrected chi connectivity index (χ0v) is 17.1. The first-order valence-electron chi connectivity index (χ1n) is 9.32. The lowest BCUT2D eigenvalue weighted by Crippen LogP contribution is -2.54. The molecule has 0 bridgehead atoms. The molecule has 1 heterocycles. The summed E-state index contributed by atoms with van der Waals surface area (Å²) in [5.41, 5.74) is 3.06. The van der Waals surface area contributed by atoms with Crippen molar-refractivity contribution in [3.63, 3.8) is 0 Å². The van der Waals surface area contributed by atoms with Gasteiger partial charge in [-0.25, -0.2) is 0 Å². The summed E-state index contributed by atoms with van der Waals surface area (Å²) in [4.78, 5) is 6.94. The van der Waals surface area contributed by atoms with Crippen LogP contribution in [-0.4, -0.2) is 55.1 Å². The summed E-state index contributed by atoms with van der Waals surface area (Å²) in [6.45, 7) is 8.66. The highest BCUT2D eigenvalue weighted by atomic mass is 32.2. The van der Waals surface area contributed by atoms with Crippen LogP contribution in [0.25, 0.3) is 0 Å². The quantitative estimate of drug-likeness (QED) is 0.423. The molecule has 1 aliphatic rings. The van der Waals surface area contributed by atoms with Crippen LogP contribution in [0.3, 0.4) is 0 Å². The average molecular weight is 363 g/mol. The summed E-state index contributed by atoms with van der Waals surface area (Å²) in [5, 5.41) is 6.94. The van der Waals surface area contributed by atoms with Crippen molar-refractivity contribution < 1.29 is 0 Å². The van der Waals surface area contributed by atoms with E-state index in [0.29, 0.717) is 0 Å². The van der Waals surface area contributed by atoms with Gasteiger partial charge in [0, 0.05) is 38.8 Å². The minimum absolute atomic E-state index is 0.0873. The minimum Gasteiger partial charge on any atom is -0.356 e. The normalized spacial score (nSPS) is 15.8. The van der Waals surface area contributed by atoms with E-state index in [0.717, 1.165) is 38.6 Å². The molecule has 2 rings (SSSR count). The second kappa shape index (κ2) is 10.1. The van der Waals surface area contributed by atoms with E-state index in [1.54, 1.807) is 0 Å². The maximum Gasteiger partial charge on any atom is 0.191 e. The number of guanidine groups is 1. The maximum atomic E-state index is 4.36. The molecule has 1 aromatic rings. The molecule has 0 saturated heterocycles. The number of nitrogens with zero attached hydrogens (tertiary/aromatic N) is 2. The maximum absolute atomic E-state index is 4.36. The van der Waals surface area contributed by atoms with Gasteiger partial charge >= 0.3 is 0 Å². The molecular weight excluding hydrogens is 328 g/mol. The molecule has 1 aromatic carbocycles. The summed E-state index contributed by atoms with van der Waals surface area (Å²) in [5.74, 6) is 2.15. The lowest BCUT2D eigenvalue weighted by atomic mass is 9.94. The molecule has 5 heteroatoms. The Labute approximate surface area is 157 Å². The second-order valence-corrected chi connectivity index (χ2v) is 8.29. The Kier molecular flexibility index (Phi) is 8.10. The number of thioether (sulfide) groups is 1. The Morgan fingerprint density at radius 2 is 1.96 bits per heavy atom. The topological polar surface area (TPSA) is 39.7 Å². The average Bonchev–Trinajstić information content (AvgIpc) is 2.63. The SMILES string of the molecule is CN=C(NCCCCSC)NCC(C)(C)N1CCc2ccccc2C1. The molecule has 140 valence electrons. The number of hydrogen-bond donors (Lipinski definition) is 2. The van der Waals surface area contributed by atoms with Crippen LogP contribution in [0.5, 0.6) is 0 Å². The molecule has 0 amide bonds. The Balaban J connectivity index is 1.80. The van der Waals surface area contributed by atoms with Crippen molar-refractivity contribution in [2.75, 3.05) is 38.7 Å². The number of hydrogen-bond acceptors (Lipinski definition) is 3. The Morgan fingerprint density at radius 3 is 2.68 bits per heavy atom. The van der Waals surface area contributed by atoms with Gasteiger partial charge in [-0.15, -0.1) is 0 Å². The first-order valence-corrected chi connectivity index (χ1v) is 10.7. The van der Waals surface area contributed by atoms with E-state index in [9.17, 15) is 0 Å². The van der Waals surface area contributed by atoms with Crippen LogP contribution in [0.15, 0.2) is 29.3 Å². The molecule has 25 heavy (non-hydrogen) atoms. The fourth-order valence-corrected chi connectivity index (χ4v) is 3.72. The van der Waals surface area contributed by atoms with E-state index in [-0.39, 0.29) is 5.54 Å². The van der Waals surface area contributed by atoms with Crippen LogP contribution in [0, 0.1) is 0 Å². The van der Waals surface area contributed by atoms with E-state index >= 15 is 0 Å². The van der Waals surface area contributed by atoms with Crippen LogP contribution in [0.1, 0.15) is 37.8 Å². The van der Waals surface area contributed by atoms with Gasteiger partial charge in [0.25, 0.3) is 0 Å². The molecule has 0 radical (unpaired) electrons. The predicted molar refractivity (Wildman–Crippen MR) is 112 cm³/mol. The zero-order valence-electron chi connectivity index (χ0n) is 16.3. The Bertz CT molecular complexity index is 556. The molecule has 0 aromatic heterocycles. The molecule has 4 nitrogen and oxygen atoms in total. The highest BCUT2D eigenvalue weighted by molar-refractivity contribution is 7.98.